The molecule has 2 heterocycles. The molecule has 19 heavy (non-hydrogen) atoms. The molecule has 4 heteroatoms. The van der Waals surface area contributed by atoms with Gasteiger partial charge in [-0.3, -0.25) is 4.98 Å². The molecule has 0 saturated heterocycles. The van der Waals surface area contributed by atoms with E-state index in [-0.39, 0.29) is 0 Å². The maximum atomic E-state index is 10.9. The Hall–Kier alpha value is -2.62. The number of aromatic carboxylic acids is 1. The number of carboxylic acid groups (broad SMARTS) is 1. The van der Waals surface area contributed by atoms with Crippen LogP contribution < -0.4 is 0 Å². The van der Waals surface area contributed by atoms with E-state index in [1.807, 2.05) is 41.2 Å². The third kappa shape index (κ3) is 2.33. The third-order valence-electron chi connectivity index (χ3n) is 3.01. The second-order valence-corrected chi connectivity index (χ2v) is 4.40. The second-order valence-electron chi connectivity index (χ2n) is 4.40. The van der Waals surface area contributed by atoms with Gasteiger partial charge in [0.25, 0.3) is 0 Å². The number of aromatic nitrogens is 2. The predicted octanol–water partition coefficient (Wildman–Crippen LogP) is 2.78. The Balaban J connectivity index is 1.95. The number of rotatable bonds is 3. The number of hydrogen-bond acceptors (Lipinski definition) is 2. The summed E-state index contributed by atoms with van der Waals surface area (Å²) < 4.78 is 2.01. The van der Waals surface area contributed by atoms with Crippen LogP contribution in [0.5, 0.6) is 0 Å². The lowest BCUT2D eigenvalue weighted by atomic mass is 10.1. The number of hydrogen-bond donors (Lipinski definition) is 1. The van der Waals surface area contributed by atoms with Crippen molar-refractivity contribution in [3.8, 4) is 0 Å². The van der Waals surface area contributed by atoms with Gasteiger partial charge in [0.1, 0.15) is 0 Å². The molecule has 0 aliphatic rings. The Kier molecular flexibility index (Phi) is 2.76. The highest BCUT2D eigenvalue weighted by atomic mass is 16.4. The summed E-state index contributed by atoms with van der Waals surface area (Å²) in [4.78, 5) is 15.2. The van der Waals surface area contributed by atoms with Gasteiger partial charge in [-0.25, -0.2) is 4.79 Å². The van der Waals surface area contributed by atoms with E-state index in [0.29, 0.717) is 12.1 Å². The lowest BCUT2D eigenvalue weighted by Gasteiger charge is -2.00. The zero-order valence-electron chi connectivity index (χ0n) is 10.2. The summed E-state index contributed by atoms with van der Waals surface area (Å²) in [5, 5.41) is 10.9. The van der Waals surface area contributed by atoms with Crippen molar-refractivity contribution in [2.24, 2.45) is 0 Å². The van der Waals surface area contributed by atoms with E-state index < -0.39 is 5.97 Å². The van der Waals surface area contributed by atoms with E-state index in [0.717, 1.165) is 16.5 Å². The minimum Gasteiger partial charge on any atom is -0.478 e. The molecular weight excluding hydrogens is 240 g/mol. The molecule has 0 bridgehead atoms. The fraction of sp³-hybridized carbons (Fsp3) is 0.0667. The highest BCUT2D eigenvalue weighted by Gasteiger charge is 2.05. The first-order valence-corrected chi connectivity index (χ1v) is 5.95. The van der Waals surface area contributed by atoms with E-state index in [4.69, 9.17) is 5.11 Å². The van der Waals surface area contributed by atoms with Crippen molar-refractivity contribution in [1.82, 2.24) is 9.55 Å². The van der Waals surface area contributed by atoms with Gasteiger partial charge in [0.2, 0.25) is 0 Å². The van der Waals surface area contributed by atoms with Gasteiger partial charge in [-0.2, -0.15) is 0 Å². The minimum atomic E-state index is -0.903. The summed E-state index contributed by atoms with van der Waals surface area (Å²) in [5.41, 5.74) is 1.28. The van der Waals surface area contributed by atoms with Gasteiger partial charge in [-0.1, -0.05) is 12.1 Å². The molecule has 2 aromatic heterocycles. The SMILES string of the molecule is O=C(O)c1ccc2cn(Cc3ccccn3)cc2c1. The summed E-state index contributed by atoms with van der Waals surface area (Å²) >= 11 is 0. The first kappa shape index (κ1) is 11.5. The lowest BCUT2D eigenvalue weighted by Crippen LogP contribution is -1.97. The monoisotopic (exact) mass is 252 g/mol. The van der Waals surface area contributed by atoms with Crippen LogP contribution in [0, 0.1) is 0 Å². The van der Waals surface area contributed by atoms with Gasteiger partial charge in [0, 0.05) is 24.0 Å². The van der Waals surface area contributed by atoms with Gasteiger partial charge in [-0.05, 0) is 29.7 Å². The Morgan fingerprint density at radius 1 is 1.16 bits per heavy atom. The summed E-state index contributed by atoms with van der Waals surface area (Å²) in [6.07, 6.45) is 5.70. The smallest absolute Gasteiger partial charge is 0.335 e. The third-order valence-corrected chi connectivity index (χ3v) is 3.01. The number of nitrogens with zero attached hydrogens (tertiary/aromatic N) is 2. The molecule has 0 saturated carbocycles. The topological polar surface area (TPSA) is 55.1 Å². The van der Waals surface area contributed by atoms with Crippen molar-refractivity contribution in [1.29, 1.82) is 0 Å². The molecule has 0 radical (unpaired) electrons. The van der Waals surface area contributed by atoms with Gasteiger partial charge >= 0.3 is 5.97 Å². The average molecular weight is 252 g/mol. The number of fused-ring (bicyclic) bond motifs is 1. The zero-order chi connectivity index (χ0) is 13.2. The van der Waals surface area contributed by atoms with Crippen molar-refractivity contribution in [3.05, 3.63) is 66.2 Å². The highest BCUT2D eigenvalue weighted by molar-refractivity contribution is 5.94. The first-order chi connectivity index (χ1) is 9.22. The summed E-state index contributed by atoms with van der Waals surface area (Å²) in [5.74, 6) is -0.903. The lowest BCUT2D eigenvalue weighted by molar-refractivity contribution is 0.0697. The van der Waals surface area contributed by atoms with Gasteiger partial charge < -0.3 is 9.67 Å². The molecule has 94 valence electrons. The fourth-order valence-electron chi connectivity index (χ4n) is 2.10. The first-order valence-electron chi connectivity index (χ1n) is 5.95. The molecule has 3 aromatic rings. The molecule has 0 amide bonds. The van der Waals surface area contributed by atoms with Crippen molar-refractivity contribution >= 4 is 16.7 Å². The number of carbonyl (C=O) groups is 1. The maximum Gasteiger partial charge on any atom is 0.335 e. The molecule has 1 aromatic carbocycles. The average Bonchev–Trinajstić information content (AvgIpc) is 2.80. The van der Waals surface area contributed by atoms with E-state index in [2.05, 4.69) is 4.98 Å². The normalized spacial score (nSPS) is 10.7. The molecule has 0 fully saturated rings. The van der Waals surface area contributed by atoms with Crippen LogP contribution in [0.1, 0.15) is 16.1 Å². The van der Waals surface area contributed by atoms with Crippen LogP contribution in [-0.2, 0) is 6.54 Å². The van der Waals surface area contributed by atoms with Gasteiger partial charge in [0.05, 0.1) is 17.8 Å². The molecule has 0 atom stereocenters. The van der Waals surface area contributed by atoms with Crippen LogP contribution in [0.3, 0.4) is 0 Å². The van der Waals surface area contributed by atoms with Crippen LogP contribution in [0.15, 0.2) is 55.0 Å². The second kappa shape index (κ2) is 4.57. The zero-order valence-corrected chi connectivity index (χ0v) is 10.2. The molecule has 0 aliphatic heterocycles. The molecule has 4 nitrogen and oxygen atoms in total. The van der Waals surface area contributed by atoms with Crippen LogP contribution >= 0.6 is 0 Å². The van der Waals surface area contributed by atoms with Crippen LogP contribution in [0.25, 0.3) is 10.8 Å². The molecule has 0 aliphatic carbocycles. The molecule has 3 rings (SSSR count). The van der Waals surface area contributed by atoms with Crippen LogP contribution in [-0.4, -0.2) is 20.6 Å². The van der Waals surface area contributed by atoms with Crippen molar-refractivity contribution in [2.45, 2.75) is 6.54 Å². The number of benzene rings is 1. The molecule has 0 unspecified atom stereocenters. The van der Waals surface area contributed by atoms with E-state index >= 15 is 0 Å². The predicted molar refractivity (Wildman–Crippen MR) is 72.2 cm³/mol. The van der Waals surface area contributed by atoms with Crippen LogP contribution in [0.4, 0.5) is 0 Å². The molecular formula is C15H12N2O2. The number of pyridine rings is 1. The van der Waals surface area contributed by atoms with Crippen molar-refractivity contribution in [3.63, 3.8) is 0 Å². The maximum absolute atomic E-state index is 10.9. The standard InChI is InChI=1S/C15H12N2O2/c18-15(19)11-4-5-12-8-17(9-13(12)7-11)10-14-3-1-2-6-16-14/h1-9H,10H2,(H,18,19). The highest BCUT2D eigenvalue weighted by Crippen LogP contribution is 2.18. The Morgan fingerprint density at radius 2 is 2.00 bits per heavy atom. The Morgan fingerprint density at radius 3 is 2.74 bits per heavy atom. The van der Waals surface area contributed by atoms with Crippen molar-refractivity contribution < 1.29 is 9.90 Å². The molecule has 1 N–H and O–H groups in total. The summed E-state index contributed by atoms with van der Waals surface area (Å²) in [6, 6.07) is 10.9. The summed E-state index contributed by atoms with van der Waals surface area (Å²) in [6.45, 7) is 0.678. The Bertz CT molecular complexity index is 732. The van der Waals surface area contributed by atoms with Crippen LogP contribution in [0.2, 0.25) is 0 Å². The molecule has 0 spiro atoms. The minimum absolute atomic E-state index is 0.308. The fourth-order valence-corrected chi connectivity index (χ4v) is 2.10. The van der Waals surface area contributed by atoms with E-state index in [9.17, 15) is 4.79 Å². The van der Waals surface area contributed by atoms with Gasteiger partial charge in [0.15, 0.2) is 0 Å². The largest absolute Gasteiger partial charge is 0.478 e. The number of carboxylic acids is 1. The summed E-state index contributed by atoms with van der Waals surface area (Å²) in [7, 11) is 0. The van der Waals surface area contributed by atoms with Crippen molar-refractivity contribution in [2.75, 3.05) is 0 Å². The Labute approximate surface area is 109 Å². The van der Waals surface area contributed by atoms with E-state index in [1.165, 1.54) is 0 Å². The van der Waals surface area contributed by atoms with E-state index in [1.54, 1.807) is 18.3 Å². The quantitative estimate of drug-likeness (QED) is 0.779. The van der Waals surface area contributed by atoms with Gasteiger partial charge in [-0.15, -0.1) is 0 Å².